The van der Waals surface area contributed by atoms with Crippen molar-refractivity contribution in [3.8, 4) is 5.88 Å². The van der Waals surface area contributed by atoms with E-state index in [0.29, 0.717) is 11.8 Å². The highest BCUT2D eigenvalue weighted by atomic mass is 35.5. The lowest BCUT2D eigenvalue weighted by molar-refractivity contribution is 0.231. The van der Waals surface area contributed by atoms with Crippen molar-refractivity contribution in [2.75, 3.05) is 43.5 Å². The standard InChI is InChI=1S/C14H23ClN4O/c1-11(2)20-13-10-12(3)16-14(17-13)19-8-6-18(5-4-15)7-9-19/h10-11H,4-9H2,1-3H3. The number of nitrogens with zero attached hydrogens (tertiary/aromatic N) is 4. The Bertz CT molecular complexity index is 433. The van der Waals surface area contributed by atoms with Gasteiger partial charge in [-0.2, -0.15) is 4.98 Å². The van der Waals surface area contributed by atoms with E-state index in [1.807, 2.05) is 26.8 Å². The molecule has 0 aromatic carbocycles. The second kappa shape index (κ2) is 7.09. The molecule has 1 aromatic heterocycles. The highest BCUT2D eigenvalue weighted by molar-refractivity contribution is 6.18. The van der Waals surface area contributed by atoms with E-state index in [1.165, 1.54) is 0 Å². The monoisotopic (exact) mass is 298 g/mol. The number of ether oxygens (including phenoxy) is 1. The normalized spacial score (nSPS) is 16.8. The van der Waals surface area contributed by atoms with Gasteiger partial charge in [-0.1, -0.05) is 0 Å². The third-order valence-corrected chi connectivity index (χ3v) is 3.40. The summed E-state index contributed by atoms with van der Waals surface area (Å²) in [6, 6.07) is 1.88. The summed E-state index contributed by atoms with van der Waals surface area (Å²) in [6.07, 6.45) is 0.123. The predicted molar refractivity (Wildman–Crippen MR) is 81.9 cm³/mol. The molecule has 1 aromatic rings. The number of piperazine rings is 1. The fraction of sp³-hybridized carbons (Fsp3) is 0.714. The number of anilines is 1. The molecule has 0 unspecified atom stereocenters. The van der Waals surface area contributed by atoms with Gasteiger partial charge in [-0.25, -0.2) is 4.98 Å². The highest BCUT2D eigenvalue weighted by Gasteiger charge is 2.19. The topological polar surface area (TPSA) is 41.5 Å². The van der Waals surface area contributed by atoms with Crippen molar-refractivity contribution in [1.29, 1.82) is 0 Å². The van der Waals surface area contributed by atoms with Gasteiger partial charge in [0.1, 0.15) is 0 Å². The van der Waals surface area contributed by atoms with Crippen molar-refractivity contribution < 1.29 is 4.74 Å². The Balaban J connectivity index is 2.03. The second-order valence-corrected chi connectivity index (χ2v) is 5.71. The molecular weight excluding hydrogens is 276 g/mol. The largest absolute Gasteiger partial charge is 0.475 e. The molecule has 1 saturated heterocycles. The summed E-state index contributed by atoms with van der Waals surface area (Å²) in [4.78, 5) is 13.6. The summed E-state index contributed by atoms with van der Waals surface area (Å²) >= 11 is 5.78. The van der Waals surface area contributed by atoms with Crippen molar-refractivity contribution in [2.24, 2.45) is 0 Å². The molecule has 2 heterocycles. The number of rotatable bonds is 5. The lowest BCUT2D eigenvalue weighted by atomic mass is 10.3. The van der Waals surface area contributed by atoms with Crippen LogP contribution in [0.25, 0.3) is 0 Å². The molecule has 1 aliphatic heterocycles. The number of aryl methyl sites for hydroxylation is 1. The predicted octanol–water partition coefficient (Wildman–Crippen LogP) is 1.93. The van der Waals surface area contributed by atoms with Crippen LogP contribution in [-0.4, -0.2) is 59.6 Å². The third-order valence-electron chi connectivity index (χ3n) is 3.23. The van der Waals surface area contributed by atoms with Crippen molar-refractivity contribution in [3.05, 3.63) is 11.8 Å². The van der Waals surface area contributed by atoms with E-state index in [2.05, 4.69) is 19.8 Å². The van der Waals surface area contributed by atoms with Crippen molar-refractivity contribution >= 4 is 17.5 Å². The van der Waals surface area contributed by atoms with E-state index >= 15 is 0 Å². The van der Waals surface area contributed by atoms with Crippen LogP contribution in [0.15, 0.2) is 6.07 Å². The first kappa shape index (κ1) is 15.3. The van der Waals surface area contributed by atoms with E-state index in [0.717, 1.165) is 44.4 Å². The molecule has 5 nitrogen and oxygen atoms in total. The molecule has 0 N–H and O–H groups in total. The zero-order valence-corrected chi connectivity index (χ0v) is 13.2. The molecule has 20 heavy (non-hydrogen) atoms. The number of halogens is 1. The molecule has 0 bridgehead atoms. The molecule has 0 atom stereocenters. The fourth-order valence-corrected chi connectivity index (χ4v) is 2.50. The van der Waals surface area contributed by atoms with Gasteiger partial charge in [0.15, 0.2) is 0 Å². The van der Waals surface area contributed by atoms with Crippen LogP contribution in [0.2, 0.25) is 0 Å². The second-order valence-electron chi connectivity index (χ2n) is 5.33. The van der Waals surface area contributed by atoms with Crippen LogP contribution in [0.1, 0.15) is 19.5 Å². The van der Waals surface area contributed by atoms with E-state index in [4.69, 9.17) is 16.3 Å². The minimum absolute atomic E-state index is 0.123. The Morgan fingerprint density at radius 1 is 1.25 bits per heavy atom. The molecule has 0 spiro atoms. The number of hydrogen-bond donors (Lipinski definition) is 0. The first-order chi connectivity index (χ1) is 9.58. The lowest BCUT2D eigenvalue weighted by Crippen LogP contribution is -2.47. The number of aromatic nitrogens is 2. The van der Waals surface area contributed by atoms with Gasteiger partial charge in [0.25, 0.3) is 0 Å². The number of hydrogen-bond acceptors (Lipinski definition) is 5. The van der Waals surface area contributed by atoms with Crippen LogP contribution in [0.4, 0.5) is 5.95 Å². The summed E-state index contributed by atoms with van der Waals surface area (Å²) in [5.41, 5.74) is 0.939. The maximum absolute atomic E-state index is 5.78. The van der Waals surface area contributed by atoms with Crippen LogP contribution in [0, 0.1) is 6.92 Å². The van der Waals surface area contributed by atoms with Crippen LogP contribution in [0.5, 0.6) is 5.88 Å². The molecule has 2 rings (SSSR count). The molecule has 0 amide bonds. The fourth-order valence-electron chi connectivity index (χ4n) is 2.26. The highest BCUT2D eigenvalue weighted by Crippen LogP contribution is 2.18. The van der Waals surface area contributed by atoms with E-state index in [-0.39, 0.29) is 6.10 Å². The molecule has 0 aliphatic carbocycles. The van der Waals surface area contributed by atoms with Crippen molar-refractivity contribution in [1.82, 2.24) is 14.9 Å². The molecule has 1 aliphatic rings. The van der Waals surface area contributed by atoms with Gasteiger partial charge in [0.05, 0.1) is 6.10 Å². The summed E-state index contributed by atoms with van der Waals surface area (Å²) in [6.45, 7) is 10.8. The zero-order chi connectivity index (χ0) is 14.5. The Hall–Kier alpha value is -1.07. The molecule has 6 heteroatoms. The average molecular weight is 299 g/mol. The van der Waals surface area contributed by atoms with Gasteiger partial charge in [0, 0.05) is 50.4 Å². The first-order valence-electron chi connectivity index (χ1n) is 7.14. The van der Waals surface area contributed by atoms with Gasteiger partial charge < -0.3 is 9.64 Å². The molecule has 1 fully saturated rings. The Labute approximate surface area is 125 Å². The minimum atomic E-state index is 0.123. The number of alkyl halides is 1. The van der Waals surface area contributed by atoms with Gasteiger partial charge in [-0.15, -0.1) is 11.6 Å². The minimum Gasteiger partial charge on any atom is -0.475 e. The van der Waals surface area contributed by atoms with Crippen LogP contribution in [0.3, 0.4) is 0 Å². The van der Waals surface area contributed by atoms with Crippen LogP contribution >= 0.6 is 11.6 Å². The first-order valence-corrected chi connectivity index (χ1v) is 7.67. The van der Waals surface area contributed by atoms with Crippen molar-refractivity contribution in [2.45, 2.75) is 26.9 Å². The molecule has 0 radical (unpaired) electrons. The molecular formula is C14H23ClN4O. The SMILES string of the molecule is Cc1cc(OC(C)C)nc(N2CCN(CCCl)CC2)n1. The zero-order valence-electron chi connectivity index (χ0n) is 12.5. The van der Waals surface area contributed by atoms with Gasteiger partial charge >= 0.3 is 0 Å². The molecule has 0 saturated carbocycles. The summed E-state index contributed by atoms with van der Waals surface area (Å²) in [5.74, 6) is 2.12. The summed E-state index contributed by atoms with van der Waals surface area (Å²) in [5, 5.41) is 0. The van der Waals surface area contributed by atoms with Gasteiger partial charge in [-0.3, -0.25) is 4.90 Å². The maximum Gasteiger partial charge on any atom is 0.228 e. The van der Waals surface area contributed by atoms with Crippen LogP contribution in [-0.2, 0) is 0 Å². The average Bonchev–Trinajstić information content (AvgIpc) is 2.38. The van der Waals surface area contributed by atoms with Crippen LogP contribution < -0.4 is 9.64 Å². The summed E-state index contributed by atoms with van der Waals surface area (Å²) < 4.78 is 5.68. The van der Waals surface area contributed by atoms with E-state index in [9.17, 15) is 0 Å². The maximum atomic E-state index is 5.78. The molecule has 112 valence electrons. The Morgan fingerprint density at radius 2 is 1.95 bits per heavy atom. The Morgan fingerprint density at radius 3 is 2.55 bits per heavy atom. The van der Waals surface area contributed by atoms with E-state index < -0.39 is 0 Å². The quantitative estimate of drug-likeness (QED) is 0.777. The Kier molecular flexibility index (Phi) is 5.43. The third kappa shape index (κ3) is 4.21. The summed E-state index contributed by atoms with van der Waals surface area (Å²) in [7, 11) is 0. The van der Waals surface area contributed by atoms with E-state index in [1.54, 1.807) is 0 Å². The van der Waals surface area contributed by atoms with Gasteiger partial charge in [0.2, 0.25) is 11.8 Å². The lowest BCUT2D eigenvalue weighted by Gasteiger charge is -2.34. The van der Waals surface area contributed by atoms with Crippen molar-refractivity contribution in [3.63, 3.8) is 0 Å². The van der Waals surface area contributed by atoms with Gasteiger partial charge in [-0.05, 0) is 20.8 Å². The smallest absolute Gasteiger partial charge is 0.228 e.